The molecule has 33 heavy (non-hydrogen) atoms. The molecule has 0 bridgehead atoms. The first-order chi connectivity index (χ1) is 15.9. The van der Waals surface area contributed by atoms with Crippen LogP contribution in [0.25, 0.3) is 10.9 Å². The number of rotatable bonds is 3. The maximum absolute atomic E-state index is 13.6. The first kappa shape index (κ1) is 21.4. The number of carbonyl (C=O) groups excluding carboxylic acids is 1. The van der Waals surface area contributed by atoms with Gasteiger partial charge < -0.3 is 19.9 Å². The summed E-state index contributed by atoms with van der Waals surface area (Å²) in [6, 6.07) is 19.6. The summed E-state index contributed by atoms with van der Waals surface area (Å²) in [7, 11) is 1.61. The average Bonchev–Trinajstić information content (AvgIpc) is 3.17. The third-order valence-corrected chi connectivity index (χ3v) is 6.57. The maximum atomic E-state index is 13.6. The second-order valence-corrected chi connectivity index (χ2v) is 9.03. The molecule has 0 saturated carbocycles. The number of methoxy groups -OCH3 is 1. The number of nitrogens with zero attached hydrogens (tertiary/aromatic N) is 1. The van der Waals surface area contributed by atoms with Gasteiger partial charge in [-0.05, 0) is 67.3 Å². The Morgan fingerprint density at radius 1 is 1.06 bits per heavy atom. The molecule has 4 aromatic rings. The number of urea groups is 1. The van der Waals surface area contributed by atoms with Gasteiger partial charge in [0.25, 0.3) is 0 Å². The highest BCUT2D eigenvalue weighted by Gasteiger charge is 2.35. The molecule has 5 rings (SSSR count). The third-order valence-electron chi connectivity index (χ3n) is 6.34. The molecular weight excluding hydrogens is 434 g/mol. The molecule has 1 unspecified atom stereocenters. The smallest absolute Gasteiger partial charge is 0.322 e. The van der Waals surface area contributed by atoms with Crippen molar-refractivity contribution in [3.05, 3.63) is 93.6 Å². The van der Waals surface area contributed by atoms with Gasteiger partial charge in [-0.1, -0.05) is 47.5 Å². The molecule has 6 heteroatoms. The van der Waals surface area contributed by atoms with Gasteiger partial charge in [-0.25, -0.2) is 4.79 Å². The molecule has 0 radical (unpaired) electrons. The summed E-state index contributed by atoms with van der Waals surface area (Å²) in [4.78, 5) is 19.1. The van der Waals surface area contributed by atoms with Crippen LogP contribution < -0.4 is 10.1 Å². The normalized spacial score (nSPS) is 15.4. The van der Waals surface area contributed by atoms with Crippen LogP contribution in [0.2, 0.25) is 5.02 Å². The van der Waals surface area contributed by atoms with E-state index >= 15 is 0 Å². The van der Waals surface area contributed by atoms with Crippen molar-refractivity contribution in [2.75, 3.05) is 19.0 Å². The van der Waals surface area contributed by atoms with Crippen LogP contribution in [0.1, 0.15) is 34.0 Å². The minimum Gasteiger partial charge on any atom is -0.495 e. The zero-order chi connectivity index (χ0) is 23.1. The standard InChI is InChI=1S/C27H26ClN3O2/c1-16-4-7-18(8-5-16)26-25-20(21-15-19(28)9-10-22(21)29-25)12-13-31(26)27(32)30-23-14-17(2)6-11-24(23)33-3/h4-11,14-15,26,29H,12-13H2,1-3H3,(H,30,32). The highest BCUT2D eigenvalue weighted by molar-refractivity contribution is 6.31. The van der Waals surface area contributed by atoms with E-state index in [0.29, 0.717) is 23.0 Å². The van der Waals surface area contributed by atoms with Gasteiger partial charge >= 0.3 is 6.03 Å². The summed E-state index contributed by atoms with van der Waals surface area (Å²) in [6.45, 7) is 4.65. The van der Waals surface area contributed by atoms with E-state index in [1.165, 1.54) is 11.1 Å². The number of hydrogen-bond donors (Lipinski definition) is 2. The Balaban J connectivity index is 1.58. The van der Waals surface area contributed by atoms with Crippen LogP contribution in [0, 0.1) is 13.8 Å². The number of benzene rings is 3. The lowest BCUT2D eigenvalue weighted by Gasteiger charge is -2.36. The minimum absolute atomic E-state index is 0.160. The fraction of sp³-hybridized carbons (Fsp3) is 0.222. The number of ether oxygens (including phenoxy) is 1. The van der Waals surface area contributed by atoms with Crippen molar-refractivity contribution in [3.8, 4) is 5.75 Å². The third kappa shape index (κ3) is 3.93. The zero-order valence-corrected chi connectivity index (χ0v) is 19.7. The highest BCUT2D eigenvalue weighted by atomic mass is 35.5. The van der Waals surface area contributed by atoms with Crippen LogP contribution in [0.3, 0.4) is 0 Å². The summed E-state index contributed by atoms with van der Waals surface area (Å²) in [5.74, 6) is 0.638. The first-order valence-electron chi connectivity index (χ1n) is 11.0. The number of hydrogen-bond acceptors (Lipinski definition) is 2. The van der Waals surface area contributed by atoms with E-state index in [1.54, 1.807) is 7.11 Å². The summed E-state index contributed by atoms with van der Waals surface area (Å²) in [6.07, 6.45) is 0.746. The number of fused-ring (bicyclic) bond motifs is 3. The number of aromatic amines is 1. The van der Waals surface area contributed by atoms with Crippen LogP contribution >= 0.6 is 11.6 Å². The van der Waals surface area contributed by atoms with Crippen molar-refractivity contribution in [1.82, 2.24) is 9.88 Å². The average molecular weight is 460 g/mol. The molecule has 2 heterocycles. The lowest BCUT2D eigenvalue weighted by Crippen LogP contribution is -2.43. The lowest BCUT2D eigenvalue weighted by molar-refractivity contribution is 0.193. The van der Waals surface area contributed by atoms with E-state index in [-0.39, 0.29) is 12.1 Å². The van der Waals surface area contributed by atoms with Crippen molar-refractivity contribution in [2.45, 2.75) is 26.3 Å². The van der Waals surface area contributed by atoms with Crippen molar-refractivity contribution in [3.63, 3.8) is 0 Å². The molecule has 1 atom stereocenters. The van der Waals surface area contributed by atoms with Gasteiger partial charge in [0.1, 0.15) is 5.75 Å². The molecule has 1 aliphatic heterocycles. The molecule has 0 aliphatic carbocycles. The molecule has 2 amide bonds. The molecule has 0 saturated heterocycles. The van der Waals surface area contributed by atoms with E-state index in [2.05, 4.69) is 41.5 Å². The second kappa shape index (κ2) is 8.49. The maximum Gasteiger partial charge on any atom is 0.322 e. The molecule has 1 aromatic heterocycles. The van der Waals surface area contributed by atoms with E-state index in [4.69, 9.17) is 16.3 Å². The topological polar surface area (TPSA) is 57.4 Å². The van der Waals surface area contributed by atoms with Crippen LogP contribution in [0.15, 0.2) is 60.7 Å². The summed E-state index contributed by atoms with van der Waals surface area (Å²) in [5, 5.41) is 4.92. The molecule has 0 fully saturated rings. The number of aromatic nitrogens is 1. The Hall–Kier alpha value is -3.44. The Morgan fingerprint density at radius 2 is 1.82 bits per heavy atom. The van der Waals surface area contributed by atoms with Gasteiger partial charge in [0.2, 0.25) is 0 Å². The molecular formula is C27H26ClN3O2. The van der Waals surface area contributed by atoms with Gasteiger partial charge in [-0.3, -0.25) is 0 Å². The molecule has 168 valence electrons. The largest absolute Gasteiger partial charge is 0.495 e. The fourth-order valence-corrected chi connectivity index (χ4v) is 4.85. The van der Waals surface area contributed by atoms with Gasteiger partial charge in [-0.15, -0.1) is 0 Å². The number of anilines is 1. The Kier molecular flexibility index (Phi) is 5.51. The van der Waals surface area contributed by atoms with E-state index in [9.17, 15) is 4.79 Å². The number of amides is 2. The van der Waals surface area contributed by atoms with Crippen molar-refractivity contribution in [2.24, 2.45) is 0 Å². The summed E-state index contributed by atoms with van der Waals surface area (Å²) < 4.78 is 5.47. The summed E-state index contributed by atoms with van der Waals surface area (Å²) in [5.41, 5.74) is 7.24. The predicted molar refractivity (Wildman–Crippen MR) is 133 cm³/mol. The van der Waals surface area contributed by atoms with E-state index in [0.717, 1.165) is 34.1 Å². The van der Waals surface area contributed by atoms with Gasteiger partial charge in [0.15, 0.2) is 0 Å². The monoisotopic (exact) mass is 459 g/mol. The summed E-state index contributed by atoms with van der Waals surface area (Å²) >= 11 is 6.30. The van der Waals surface area contributed by atoms with Crippen LogP contribution in [0.5, 0.6) is 5.75 Å². The molecule has 2 N–H and O–H groups in total. The molecule has 0 spiro atoms. The highest BCUT2D eigenvalue weighted by Crippen LogP contribution is 2.39. The second-order valence-electron chi connectivity index (χ2n) is 8.60. The first-order valence-corrected chi connectivity index (χ1v) is 11.4. The number of carbonyl (C=O) groups is 1. The van der Waals surface area contributed by atoms with Crippen LogP contribution in [-0.2, 0) is 6.42 Å². The van der Waals surface area contributed by atoms with E-state index in [1.807, 2.05) is 48.2 Å². The number of aryl methyl sites for hydroxylation is 2. The van der Waals surface area contributed by atoms with Crippen LogP contribution in [-0.4, -0.2) is 29.6 Å². The van der Waals surface area contributed by atoms with Gasteiger partial charge in [0, 0.05) is 28.2 Å². The van der Waals surface area contributed by atoms with E-state index < -0.39 is 0 Å². The number of H-pyrrole nitrogens is 1. The molecule has 1 aliphatic rings. The SMILES string of the molecule is COc1ccc(C)cc1NC(=O)N1CCc2c([nH]c3ccc(Cl)cc23)C1c1ccc(C)cc1. The van der Waals surface area contributed by atoms with Gasteiger partial charge in [-0.2, -0.15) is 0 Å². The van der Waals surface area contributed by atoms with Crippen LogP contribution in [0.4, 0.5) is 10.5 Å². The van der Waals surface area contributed by atoms with Crippen molar-refractivity contribution >= 4 is 34.2 Å². The van der Waals surface area contributed by atoms with Gasteiger partial charge in [0.05, 0.1) is 18.8 Å². The fourth-order valence-electron chi connectivity index (χ4n) is 4.68. The Morgan fingerprint density at radius 3 is 2.58 bits per heavy atom. The lowest BCUT2D eigenvalue weighted by atomic mass is 9.92. The number of halogens is 1. The van der Waals surface area contributed by atoms with Crippen molar-refractivity contribution in [1.29, 1.82) is 0 Å². The molecule has 3 aromatic carbocycles. The molecule has 5 nitrogen and oxygen atoms in total. The van der Waals surface area contributed by atoms with Crippen molar-refractivity contribution < 1.29 is 9.53 Å². The predicted octanol–water partition coefficient (Wildman–Crippen LogP) is 6.63. The minimum atomic E-state index is -0.240. The quantitative estimate of drug-likeness (QED) is 0.361. The zero-order valence-electron chi connectivity index (χ0n) is 18.9. The Bertz CT molecular complexity index is 1340. The number of nitrogens with one attached hydrogen (secondary N) is 2. The Labute approximate surface area is 198 Å².